The van der Waals surface area contributed by atoms with Crippen LogP contribution in [-0.4, -0.2) is 18.6 Å². The van der Waals surface area contributed by atoms with Gasteiger partial charge in [-0.05, 0) is 24.5 Å². The van der Waals surface area contributed by atoms with Gasteiger partial charge in [-0.2, -0.15) is 13.2 Å². The second-order valence-electron chi connectivity index (χ2n) is 4.61. The van der Waals surface area contributed by atoms with Crippen molar-refractivity contribution in [2.24, 2.45) is 5.92 Å². The first kappa shape index (κ1) is 12.9. The van der Waals surface area contributed by atoms with Crippen molar-refractivity contribution in [2.75, 3.05) is 11.4 Å². The molecule has 1 aliphatic heterocycles. The lowest BCUT2D eigenvalue weighted by Gasteiger charge is -2.25. The Bertz CT molecular complexity index is 456. The van der Waals surface area contributed by atoms with Gasteiger partial charge in [-0.3, -0.25) is 4.79 Å². The summed E-state index contributed by atoms with van der Waals surface area (Å²) in [5.41, 5.74) is 1.20. The van der Waals surface area contributed by atoms with E-state index in [9.17, 15) is 18.0 Å². The molecule has 2 rings (SSSR count). The van der Waals surface area contributed by atoms with E-state index in [0.717, 1.165) is 10.5 Å². The maximum atomic E-state index is 12.6. The van der Waals surface area contributed by atoms with E-state index < -0.39 is 18.6 Å². The summed E-state index contributed by atoms with van der Waals surface area (Å²) < 4.78 is 37.7. The second kappa shape index (κ2) is 4.63. The molecule has 0 spiro atoms. The smallest absolute Gasteiger partial charge is 0.303 e. The van der Waals surface area contributed by atoms with Crippen LogP contribution < -0.4 is 4.90 Å². The molecule has 0 saturated heterocycles. The van der Waals surface area contributed by atoms with E-state index in [1.54, 1.807) is 31.2 Å². The summed E-state index contributed by atoms with van der Waals surface area (Å²) in [6, 6.07) is 6.80. The molecule has 1 amide bonds. The van der Waals surface area contributed by atoms with Gasteiger partial charge in [0.05, 0.1) is 0 Å². The van der Waals surface area contributed by atoms with Crippen molar-refractivity contribution in [1.29, 1.82) is 0 Å². The SMILES string of the molecule is C[C@@H]1CCc2ccccc2N(CC(F)(F)F)C1=O. The summed E-state index contributed by atoms with van der Waals surface area (Å²) in [5.74, 6) is -0.822. The van der Waals surface area contributed by atoms with Gasteiger partial charge in [0.2, 0.25) is 5.91 Å². The van der Waals surface area contributed by atoms with Gasteiger partial charge in [-0.1, -0.05) is 25.1 Å². The molecule has 0 N–H and O–H groups in total. The number of rotatable bonds is 1. The fourth-order valence-corrected chi connectivity index (χ4v) is 2.21. The van der Waals surface area contributed by atoms with E-state index in [0.29, 0.717) is 18.5 Å². The van der Waals surface area contributed by atoms with E-state index in [1.165, 1.54) is 0 Å². The Hall–Kier alpha value is -1.52. The first-order valence-corrected chi connectivity index (χ1v) is 5.84. The summed E-state index contributed by atoms with van der Waals surface area (Å²) in [6.45, 7) is 0.463. The summed E-state index contributed by atoms with van der Waals surface area (Å²) in [6.07, 6.45) is -3.16. The van der Waals surface area contributed by atoms with E-state index >= 15 is 0 Å². The summed E-state index contributed by atoms with van der Waals surface area (Å²) >= 11 is 0. The molecule has 1 aromatic rings. The normalized spacial score (nSPS) is 20.6. The highest BCUT2D eigenvalue weighted by atomic mass is 19.4. The van der Waals surface area contributed by atoms with Crippen LogP contribution in [0.5, 0.6) is 0 Å². The average molecular weight is 257 g/mol. The van der Waals surface area contributed by atoms with Crippen molar-refractivity contribution in [3.63, 3.8) is 0 Å². The highest BCUT2D eigenvalue weighted by molar-refractivity contribution is 5.96. The number of carbonyl (C=O) groups is 1. The van der Waals surface area contributed by atoms with Crippen LogP contribution in [0.4, 0.5) is 18.9 Å². The Labute approximate surface area is 103 Å². The fraction of sp³-hybridized carbons (Fsp3) is 0.462. The zero-order valence-electron chi connectivity index (χ0n) is 10.00. The van der Waals surface area contributed by atoms with Crippen molar-refractivity contribution in [2.45, 2.75) is 25.9 Å². The van der Waals surface area contributed by atoms with Crippen molar-refractivity contribution in [1.82, 2.24) is 0 Å². The van der Waals surface area contributed by atoms with Gasteiger partial charge >= 0.3 is 6.18 Å². The number of alkyl halides is 3. The number of amides is 1. The topological polar surface area (TPSA) is 20.3 Å². The lowest BCUT2D eigenvalue weighted by atomic mass is 10.0. The molecule has 1 aliphatic rings. The summed E-state index contributed by atoms with van der Waals surface area (Å²) in [5, 5.41) is 0. The Morgan fingerprint density at radius 2 is 2.00 bits per heavy atom. The first-order valence-electron chi connectivity index (χ1n) is 5.84. The number of hydrogen-bond acceptors (Lipinski definition) is 1. The Morgan fingerprint density at radius 1 is 1.33 bits per heavy atom. The van der Waals surface area contributed by atoms with Gasteiger partial charge in [0.25, 0.3) is 0 Å². The molecule has 1 aromatic carbocycles. The first-order chi connectivity index (χ1) is 8.38. The monoisotopic (exact) mass is 257 g/mol. The third-order valence-electron chi connectivity index (χ3n) is 3.15. The molecule has 0 aromatic heterocycles. The number of benzene rings is 1. The Balaban J connectivity index is 2.41. The molecule has 0 fully saturated rings. The van der Waals surface area contributed by atoms with Crippen molar-refractivity contribution in [3.05, 3.63) is 29.8 Å². The minimum absolute atomic E-state index is 0.375. The van der Waals surface area contributed by atoms with Crippen LogP contribution in [-0.2, 0) is 11.2 Å². The standard InChI is InChI=1S/C13H14F3NO/c1-9-6-7-10-4-2-3-5-11(10)17(12(9)18)8-13(14,15)16/h2-5,9H,6-8H2,1H3/t9-/m1/s1. The molecular weight excluding hydrogens is 243 g/mol. The van der Waals surface area contributed by atoms with Crippen LogP contribution in [0.25, 0.3) is 0 Å². The van der Waals surface area contributed by atoms with Crippen molar-refractivity contribution in [3.8, 4) is 0 Å². The number of fused-ring (bicyclic) bond motifs is 1. The largest absolute Gasteiger partial charge is 0.406 e. The number of nitrogens with zero attached hydrogens (tertiary/aromatic N) is 1. The molecule has 0 saturated carbocycles. The minimum atomic E-state index is -4.38. The third-order valence-corrected chi connectivity index (χ3v) is 3.15. The zero-order valence-corrected chi connectivity index (χ0v) is 10.00. The summed E-state index contributed by atoms with van der Waals surface area (Å²) in [7, 11) is 0. The van der Waals surface area contributed by atoms with Gasteiger partial charge in [0.15, 0.2) is 0 Å². The minimum Gasteiger partial charge on any atom is -0.303 e. The molecule has 1 heterocycles. The lowest BCUT2D eigenvalue weighted by Crippen LogP contribution is -2.41. The number of carbonyl (C=O) groups excluding carboxylic acids is 1. The van der Waals surface area contributed by atoms with Gasteiger partial charge < -0.3 is 4.90 Å². The third kappa shape index (κ3) is 2.66. The van der Waals surface area contributed by atoms with Crippen molar-refractivity contribution < 1.29 is 18.0 Å². The quantitative estimate of drug-likeness (QED) is 0.756. The predicted molar refractivity (Wildman–Crippen MR) is 62.3 cm³/mol. The van der Waals surface area contributed by atoms with Gasteiger partial charge in [-0.15, -0.1) is 0 Å². The molecule has 0 bridgehead atoms. The molecule has 0 unspecified atom stereocenters. The molecule has 98 valence electrons. The highest BCUT2D eigenvalue weighted by Crippen LogP contribution is 2.31. The zero-order chi connectivity index (χ0) is 13.3. The number of hydrogen-bond donors (Lipinski definition) is 0. The van der Waals surface area contributed by atoms with E-state index in [-0.39, 0.29) is 5.92 Å². The second-order valence-corrected chi connectivity index (χ2v) is 4.61. The molecule has 1 atom stereocenters. The maximum absolute atomic E-state index is 12.6. The molecular formula is C13H14F3NO. The number of anilines is 1. The average Bonchev–Trinajstić information content (AvgIpc) is 2.41. The molecule has 5 heteroatoms. The molecule has 0 aliphatic carbocycles. The van der Waals surface area contributed by atoms with Crippen LogP contribution in [0.3, 0.4) is 0 Å². The van der Waals surface area contributed by atoms with Gasteiger partial charge in [0, 0.05) is 11.6 Å². The lowest BCUT2D eigenvalue weighted by molar-refractivity contribution is -0.134. The number of aryl methyl sites for hydroxylation is 1. The molecule has 0 radical (unpaired) electrons. The van der Waals surface area contributed by atoms with Crippen LogP contribution in [0, 0.1) is 5.92 Å². The van der Waals surface area contributed by atoms with Crippen LogP contribution in [0.15, 0.2) is 24.3 Å². The summed E-state index contributed by atoms with van der Waals surface area (Å²) in [4.78, 5) is 12.9. The van der Waals surface area contributed by atoms with E-state index in [1.807, 2.05) is 0 Å². The van der Waals surface area contributed by atoms with Gasteiger partial charge in [-0.25, -0.2) is 0 Å². The van der Waals surface area contributed by atoms with Crippen LogP contribution in [0.1, 0.15) is 18.9 Å². The Morgan fingerprint density at radius 3 is 2.67 bits per heavy atom. The van der Waals surface area contributed by atoms with Crippen molar-refractivity contribution >= 4 is 11.6 Å². The maximum Gasteiger partial charge on any atom is 0.406 e. The molecule has 2 nitrogen and oxygen atoms in total. The van der Waals surface area contributed by atoms with Crippen LogP contribution in [0.2, 0.25) is 0 Å². The Kier molecular flexibility index (Phi) is 3.32. The fourth-order valence-electron chi connectivity index (χ4n) is 2.21. The predicted octanol–water partition coefficient (Wildman–Crippen LogP) is 3.16. The number of para-hydroxylation sites is 1. The molecule has 18 heavy (non-hydrogen) atoms. The van der Waals surface area contributed by atoms with Crippen LogP contribution >= 0.6 is 0 Å². The number of halogens is 3. The van der Waals surface area contributed by atoms with Gasteiger partial charge in [0.1, 0.15) is 6.54 Å². The highest BCUT2D eigenvalue weighted by Gasteiger charge is 2.37. The van der Waals surface area contributed by atoms with E-state index in [4.69, 9.17) is 0 Å². The van der Waals surface area contributed by atoms with E-state index in [2.05, 4.69) is 0 Å².